The van der Waals surface area contributed by atoms with Crippen LogP contribution in [0.15, 0.2) is 24.3 Å². The van der Waals surface area contributed by atoms with Crippen LogP contribution < -0.4 is 11.1 Å². The van der Waals surface area contributed by atoms with Crippen molar-refractivity contribution in [3.8, 4) is 6.07 Å². The molecule has 1 aromatic carbocycles. The first-order valence-electron chi connectivity index (χ1n) is 5.18. The summed E-state index contributed by atoms with van der Waals surface area (Å²) < 4.78 is 0. The minimum atomic E-state index is -0.115. The summed E-state index contributed by atoms with van der Waals surface area (Å²) in [6, 6.07) is 8.86. The van der Waals surface area contributed by atoms with Crippen LogP contribution in [0, 0.1) is 17.2 Å². The number of anilines is 1. The maximum atomic E-state index is 11.7. The van der Waals surface area contributed by atoms with Gasteiger partial charge in [0.15, 0.2) is 0 Å². The maximum absolute atomic E-state index is 11.7. The predicted molar refractivity (Wildman–Crippen MR) is 62.6 cm³/mol. The van der Waals surface area contributed by atoms with E-state index in [9.17, 15) is 4.79 Å². The first kappa shape index (κ1) is 12.2. The average molecular weight is 217 g/mol. The number of benzene rings is 1. The third kappa shape index (κ3) is 3.37. The van der Waals surface area contributed by atoms with Crippen LogP contribution in [0.25, 0.3) is 0 Å². The molecule has 0 aliphatic rings. The van der Waals surface area contributed by atoms with Crippen molar-refractivity contribution < 1.29 is 4.79 Å². The monoisotopic (exact) mass is 217 g/mol. The summed E-state index contributed by atoms with van der Waals surface area (Å²) in [6.45, 7) is 2.32. The van der Waals surface area contributed by atoms with E-state index in [4.69, 9.17) is 11.0 Å². The predicted octanol–water partition coefficient (Wildman–Crippen LogP) is 1.48. The third-order valence-electron chi connectivity index (χ3n) is 2.31. The van der Waals surface area contributed by atoms with Crippen molar-refractivity contribution >= 4 is 11.6 Å². The van der Waals surface area contributed by atoms with Gasteiger partial charge in [0, 0.05) is 11.6 Å². The zero-order valence-electron chi connectivity index (χ0n) is 9.23. The minimum Gasteiger partial charge on any atom is -0.330 e. The summed E-state index contributed by atoms with van der Waals surface area (Å²) in [6.07, 6.45) is 0.657. The highest BCUT2D eigenvalue weighted by atomic mass is 16.1. The smallest absolute Gasteiger partial charge is 0.227 e. The van der Waals surface area contributed by atoms with Gasteiger partial charge in [0.2, 0.25) is 5.91 Å². The van der Waals surface area contributed by atoms with Gasteiger partial charge >= 0.3 is 0 Å². The molecule has 0 bridgehead atoms. The van der Waals surface area contributed by atoms with Crippen molar-refractivity contribution in [2.45, 2.75) is 13.3 Å². The molecule has 1 amide bonds. The van der Waals surface area contributed by atoms with Crippen molar-refractivity contribution in [3.05, 3.63) is 29.8 Å². The number of nitrogens with two attached hydrogens (primary N) is 1. The molecule has 0 radical (unpaired) electrons. The fourth-order valence-corrected chi connectivity index (χ4v) is 1.31. The van der Waals surface area contributed by atoms with Gasteiger partial charge in [0.05, 0.1) is 11.6 Å². The molecule has 0 aromatic heterocycles. The number of nitriles is 1. The second-order valence-corrected chi connectivity index (χ2v) is 3.66. The van der Waals surface area contributed by atoms with Crippen LogP contribution in [-0.2, 0) is 4.79 Å². The van der Waals surface area contributed by atoms with E-state index in [0.29, 0.717) is 24.2 Å². The highest BCUT2D eigenvalue weighted by molar-refractivity contribution is 5.92. The number of nitrogens with one attached hydrogen (secondary N) is 1. The molecule has 1 unspecified atom stereocenters. The number of nitrogens with zero attached hydrogens (tertiary/aromatic N) is 1. The Kier molecular flexibility index (Phi) is 4.49. The van der Waals surface area contributed by atoms with Gasteiger partial charge in [-0.2, -0.15) is 5.26 Å². The Balaban J connectivity index is 2.66. The molecule has 16 heavy (non-hydrogen) atoms. The Morgan fingerprint density at radius 2 is 2.38 bits per heavy atom. The Hall–Kier alpha value is -1.86. The van der Waals surface area contributed by atoms with Gasteiger partial charge in [-0.25, -0.2) is 0 Å². The number of carbonyl (C=O) groups excluding carboxylic acids is 1. The van der Waals surface area contributed by atoms with Crippen LogP contribution in [-0.4, -0.2) is 12.5 Å². The van der Waals surface area contributed by atoms with Gasteiger partial charge in [-0.05, 0) is 31.2 Å². The van der Waals surface area contributed by atoms with Crippen LogP contribution in [0.3, 0.4) is 0 Å². The zero-order valence-corrected chi connectivity index (χ0v) is 9.23. The Morgan fingerprint density at radius 1 is 1.62 bits per heavy atom. The van der Waals surface area contributed by atoms with Crippen LogP contribution in [0.4, 0.5) is 5.69 Å². The summed E-state index contributed by atoms with van der Waals surface area (Å²) in [5.41, 5.74) is 6.56. The quantitative estimate of drug-likeness (QED) is 0.801. The van der Waals surface area contributed by atoms with Gasteiger partial charge in [0.25, 0.3) is 0 Å². The maximum Gasteiger partial charge on any atom is 0.227 e. The molecule has 84 valence electrons. The van der Waals surface area contributed by atoms with E-state index in [1.54, 1.807) is 24.3 Å². The van der Waals surface area contributed by atoms with E-state index < -0.39 is 0 Å². The Morgan fingerprint density at radius 3 is 3.00 bits per heavy atom. The molecule has 1 aromatic rings. The molecule has 0 aliphatic carbocycles. The van der Waals surface area contributed by atoms with Crippen LogP contribution in [0.5, 0.6) is 0 Å². The number of amides is 1. The molecule has 4 nitrogen and oxygen atoms in total. The first-order valence-corrected chi connectivity index (χ1v) is 5.18. The lowest BCUT2D eigenvalue weighted by atomic mass is 10.1. The number of hydrogen-bond donors (Lipinski definition) is 2. The van der Waals surface area contributed by atoms with Crippen molar-refractivity contribution in [2.24, 2.45) is 11.7 Å². The Labute approximate surface area is 95.1 Å². The lowest BCUT2D eigenvalue weighted by Crippen LogP contribution is -2.22. The topological polar surface area (TPSA) is 78.9 Å². The SMILES string of the molecule is CC(CCN)C(=O)Nc1cccc(C#N)c1. The van der Waals surface area contributed by atoms with E-state index in [0.717, 1.165) is 0 Å². The summed E-state index contributed by atoms with van der Waals surface area (Å²) in [5, 5.41) is 11.5. The van der Waals surface area contributed by atoms with Crippen molar-refractivity contribution in [2.75, 3.05) is 11.9 Å². The van der Waals surface area contributed by atoms with Gasteiger partial charge in [-0.15, -0.1) is 0 Å². The molecule has 0 saturated heterocycles. The minimum absolute atomic E-state index is 0.0689. The van der Waals surface area contributed by atoms with Gasteiger partial charge in [-0.1, -0.05) is 13.0 Å². The molecule has 1 rings (SSSR count). The van der Waals surface area contributed by atoms with Crippen LogP contribution >= 0.6 is 0 Å². The molecule has 0 heterocycles. The lowest BCUT2D eigenvalue weighted by molar-refractivity contribution is -0.119. The average Bonchev–Trinajstić information content (AvgIpc) is 2.29. The summed E-state index contributed by atoms with van der Waals surface area (Å²) >= 11 is 0. The normalized spacial score (nSPS) is 11.6. The molecular weight excluding hydrogens is 202 g/mol. The van der Waals surface area contributed by atoms with Gasteiger partial charge < -0.3 is 11.1 Å². The summed E-state index contributed by atoms with van der Waals surface area (Å²) in [5.74, 6) is -0.184. The number of rotatable bonds is 4. The molecule has 0 saturated carbocycles. The van der Waals surface area contributed by atoms with Gasteiger partial charge in [0.1, 0.15) is 0 Å². The third-order valence-corrected chi connectivity index (χ3v) is 2.31. The van der Waals surface area contributed by atoms with Crippen molar-refractivity contribution in [1.82, 2.24) is 0 Å². The highest BCUT2D eigenvalue weighted by Gasteiger charge is 2.11. The molecule has 1 atom stereocenters. The fourth-order valence-electron chi connectivity index (χ4n) is 1.31. The molecule has 0 fully saturated rings. The van der Waals surface area contributed by atoms with E-state index >= 15 is 0 Å². The molecule has 0 aliphatic heterocycles. The summed E-state index contributed by atoms with van der Waals surface area (Å²) in [7, 11) is 0. The van der Waals surface area contributed by atoms with Crippen LogP contribution in [0.1, 0.15) is 18.9 Å². The highest BCUT2D eigenvalue weighted by Crippen LogP contribution is 2.12. The summed E-state index contributed by atoms with van der Waals surface area (Å²) in [4.78, 5) is 11.7. The van der Waals surface area contributed by atoms with Crippen molar-refractivity contribution in [1.29, 1.82) is 5.26 Å². The fraction of sp³-hybridized carbons (Fsp3) is 0.333. The lowest BCUT2D eigenvalue weighted by Gasteiger charge is -2.10. The van der Waals surface area contributed by atoms with E-state index in [1.807, 2.05) is 13.0 Å². The molecule has 0 spiro atoms. The van der Waals surface area contributed by atoms with E-state index in [1.165, 1.54) is 0 Å². The first-order chi connectivity index (χ1) is 7.67. The second-order valence-electron chi connectivity index (χ2n) is 3.66. The van der Waals surface area contributed by atoms with Crippen molar-refractivity contribution in [3.63, 3.8) is 0 Å². The Bertz CT molecular complexity index is 409. The zero-order chi connectivity index (χ0) is 12.0. The van der Waals surface area contributed by atoms with Gasteiger partial charge in [-0.3, -0.25) is 4.79 Å². The molecule has 3 N–H and O–H groups in total. The molecular formula is C12H15N3O. The van der Waals surface area contributed by atoms with E-state index in [-0.39, 0.29) is 11.8 Å². The van der Waals surface area contributed by atoms with E-state index in [2.05, 4.69) is 5.32 Å². The largest absolute Gasteiger partial charge is 0.330 e. The van der Waals surface area contributed by atoms with Crippen LogP contribution in [0.2, 0.25) is 0 Å². The standard InChI is InChI=1S/C12H15N3O/c1-9(5-6-13)12(16)15-11-4-2-3-10(7-11)8-14/h2-4,7,9H,5-6,13H2,1H3,(H,15,16). The molecule has 4 heteroatoms. The number of hydrogen-bond acceptors (Lipinski definition) is 3. The number of carbonyl (C=O) groups is 1. The second kappa shape index (κ2) is 5.89.